The van der Waals surface area contributed by atoms with Gasteiger partial charge in [-0.05, 0) is 53.1 Å². The zero-order valence-electron chi connectivity index (χ0n) is 11.0. The average Bonchev–Trinajstić information content (AvgIpc) is 3.16. The van der Waals surface area contributed by atoms with E-state index in [0.29, 0.717) is 11.7 Å². The van der Waals surface area contributed by atoms with E-state index < -0.39 is 11.7 Å². The van der Waals surface area contributed by atoms with Crippen molar-refractivity contribution in [2.24, 2.45) is 0 Å². The van der Waals surface area contributed by atoms with Gasteiger partial charge < -0.3 is 5.32 Å². The molecule has 0 saturated heterocycles. The lowest BCUT2D eigenvalue weighted by Crippen LogP contribution is -2.19. The summed E-state index contributed by atoms with van der Waals surface area (Å²) >= 11 is 2.07. The average molecular weight is 407 g/mol. The van der Waals surface area contributed by atoms with Gasteiger partial charge in [0.15, 0.2) is 0 Å². The maximum absolute atomic E-state index is 13.2. The van der Waals surface area contributed by atoms with E-state index in [4.69, 9.17) is 0 Å². The van der Waals surface area contributed by atoms with Crippen LogP contribution in [0.1, 0.15) is 24.0 Å². The van der Waals surface area contributed by atoms with Crippen molar-refractivity contribution in [1.82, 2.24) is 15.1 Å². The van der Waals surface area contributed by atoms with Crippen LogP contribution in [0.3, 0.4) is 0 Å². The van der Waals surface area contributed by atoms with Gasteiger partial charge in [-0.1, -0.05) is 6.07 Å². The highest BCUT2D eigenvalue weighted by molar-refractivity contribution is 14.1. The summed E-state index contributed by atoms with van der Waals surface area (Å²) in [7, 11) is 0. The number of benzene rings is 1. The molecule has 1 aliphatic rings. The van der Waals surface area contributed by atoms with Gasteiger partial charge in [0.2, 0.25) is 0 Å². The van der Waals surface area contributed by atoms with E-state index in [1.807, 2.05) is 0 Å². The van der Waals surface area contributed by atoms with Gasteiger partial charge in [0, 0.05) is 18.8 Å². The molecule has 0 spiro atoms. The zero-order valence-corrected chi connectivity index (χ0v) is 13.1. The number of aromatic nitrogens is 2. The molecule has 2 aromatic rings. The Morgan fingerprint density at radius 3 is 2.67 bits per heavy atom. The molecule has 0 radical (unpaired) electrons. The quantitative estimate of drug-likeness (QED) is 0.783. The number of hydrogen-bond donors (Lipinski definition) is 1. The van der Waals surface area contributed by atoms with Crippen LogP contribution in [0.4, 0.5) is 13.2 Å². The second kappa shape index (κ2) is 5.60. The van der Waals surface area contributed by atoms with Crippen LogP contribution < -0.4 is 5.32 Å². The second-order valence-corrected chi connectivity index (χ2v) is 6.34. The van der Waals surface area contributed by atoms with Crippen molar-refractivity contribution in [3.8, 4) is 5.69 Å². The van der Waals surface area contributed by atoms with Crippen molar-refractivity contribution in [2.75, 3.05) is 0 Å². The molecule has 1 N–H and O–H groups in total. The molecule has 1 aromatic carbocycles. The van der Waals surface area contributed by atoms with Crippen molar-refractivity contribution in [3.05, 3.63) is 45.3 Å². The molecule has 1 aliphatic carbocycles. The number of nitrogens with one attached hydrogen (secondary N) is 1. The number of rotatable bonds is 4. The van der Waals surface area contributed by atoms with Crippen LogP contribution in [0, 0.1) is 3.57 Å². The topological polar surface area (TPSA) is 29.9 Å². The van der Waals surface area contributed by atoms with Gasteiger partial charge >= 0.3 is 6.18 Å². The van der Waals surface area contributed by atoms with Crippen molar-refractivity contribution >= 4 is 22.6 Å². The fraction of sp³-hybridized carbons (Fsp3) is 0.357. The monoisotopic (exact) mass is 407 g/mol. The summed E-state index contributed by atoms with van der Waals surface area (Å²) in [6, 6.07) is 4.73. The molecule has 1 fully saturated rings. The van der Waals surface area contributed by atoms with Gasteiger partial charge in [-0.25, -0.2) is 4.68 Å². The van der Waals surface area contributed by atoms with Crippen molar-refractivity contribution in [2.45, 2.75) is 31.6 Å². The summed E-state index contributed by atoms with van der Waals surface area (Å²) in [5.41, 5.74) is 0.0964. The molecule has 0 atom stereocenters. The first kappa shape index (κ1) is 14.8. The molecule has 0 bridgehead atoms. The molecule has 3 nitrogen and oxygen atoms in total. The second-order valence-electron chi connectivity index (χ2n) is 5.10. The minimum atomic E-state index is -4.36. The number of alkyl halides is 3. The number of halogens is 4. The maximum Gasteiger partial charge on any atom is 0.416 e. The number of hydrogen-bond acceptors (Lipinski definition) is 2. The van der Waals surface area contributed by atoms with E-state index in [1.54, 1.807) is 18.5 Å². The Morgan fingerprint density at radius 2 is 2.10 bits per heavy atom. The third-order valence-electron chi connectivity index (χ3n) is 3.37. The van der Waals surface area contributed by atoms with Gasteiger partial charge in [0.25, 0.3) is 0 Å². The summed E-state index contributed by atoms with van der Waals surface area (Å²) in [4.78, 5) is 0. The van der Waals surface area contributed by atoms with Crippen LogP contribution in [0.15, 0.2) is 30.6 Å². The Morgan fingerprint density at radius 1 is 1.33 bits per heavy atom. The van der Waals surface area contributed by atoms with Crippen LogP contribution in [-0.2, 0) is 12.7 Å². The lowest BCUT2D eigenvalue weighted by molar-refractivity contribution is -0.138. The van der Waals surface area contributed by atoms with Crippen LogP contribution in [0.25, 0.3) is 5.69 Å². The largest absolute Gasteiger partial charge is 0.416 e. The predicted octanol–water partition coefficient (Wildman–Crippen LogP) is 3.75. The molecule has 21 heavy (non-hydrogen) atoms. The Balaban J connectivity index is 1.93. The molecule has 3 rings (SSSR count). The molecule has 0 aliphatic heterocycles. The first-order valence-corrected chi connectivity index (χ1v) is 7.65. The standard InChI is InChI=1S/C14H13F3IN3/c15-14(16,17)13-5-12(21-8-10(18)7-20-21)4-1-9(13)6-19-11-2-3-11/h1,4-5,7-8,11,19H,2-3,6H2. The van der Waals surface area contributed by atoms with Gasteiger partial charge in [-0.15, -0.1) is 0 Å². The first-order valence-electron chi connectivity index (χ1n) is 6.57. The molecule has 0 amide bonds. The Bertz CT molecular complexity index is 647. The Kier molecular flexibility index (Phi) is 3.96. The van der Waals surface area contributed by atoms with Crippen molar-refractivity contribution < 1.29 is 13.2 Å². The highest BCUT2D eigenvalue weighted by Crippen LogP contribution is 2.34. The molecule has 1 aromatic heterocycles. The van der Waals surface area contributed by atoms with Crippen molar-refractivity contribution in [3.63, 3.8) is 0 Å². The van der Waals surface area contributed by atoms with E-state index >= 15 is 0 Å². The lowest BCUT2D eigenvalue weighted by atomic mass is 10.1. The highest BCUT2D eigenvalue weighted by Gasteiger charge is 2.34. The van der Waals surface area contributed by atoms with Gasteiger partial charge in [0.1, 0.15) is 0 Å². The van der Waals surface area contributed by atoms with Gasteiger partial charge in [-0.2, -0.15) is 18.3 Å². The molecule has 1 saturated carbocycles. The Hall–Kier alpha value is -1.09. The lowest BCUT2D eigenvalue weighted by Gasteiger charge is -2.15. The molecule has 0 unspecified atom stereocenters. The zero-order chi connectivity index (χ0) is 15.0. The maximum atomic E-state index is 13.2. The highest BCUT2D eigenvalue weighted by atomic mass is 127. The predicted molar refractivity (Wildman–Crippen MR) is 81.1 cm³/mol. The summed E-state index contributed by atoms with van der Waals surface area (Å²) < 4.78 is 42.0. The minimum absolute atomic E-state index is 0.246. The first-order chi connectivity index (χ1) is 9.93. The van der Waals surface area contributed by atoms with E-state index in [9.17, 15) is 13.2 Å². The summed E-state index contributed by atoms with van der Waals surface area (Å²) in [5.74, 6) is 0. The summed E-state index contributed by atoms with van der Waals surface area (Å²) in [5, 5.41) is 7.17. The SMILES string of the molecule is FC(F)(F)c1cc(-n2cc(I)cn2)ccc1CNC1CC1. The van der Waals surface area contributed by atoms with E-state index in [0.717, 1.165) is 22.5 Å². The number of nitrogens with zero attached hydrogens (tertiary/aromatic N) is 2. The third kappa shape index (κ3) is 3.57. The van der Waals surface area contributed by atoms with E-state index in [-0.39, 0.29) is 12.1 Å². The fourth-order valence-electron chi connectivity index (χ4n) is 2.11. The summed E-state index contributed by atoms with van der Waals surface area (Å²) in [6.07, 6.45) is 1.03. The molecular weight excluding hydrogens is 394 g/mol. The van der Waals surface area contributed by atoms with E-state index in [1.165, 1.54) is 10.7 Å². The molecule has 1 heterocycles. The normalized spacial score (nSPS) is 15.4. The van der Waals surface area contributed by atoms with Crippen LogP contribution in [-0.4, -0.2) is 15.8 Å². The summed E-state index contributed by atoms with van der Waals surface area (Å²) in [6.45, 7) is 0.246. The Labute approximate surface area is 133 Å². The van der Waals surface area contributed by atoms with Gasteiger partial charge in [-0.3, -0.25) is 0 Å². The van der Waals surface area contributed by atoms with Crippen LogP contribution in [0.2, 0.25) is 0 Å². The van der Waals surface area contributed by atoms with Gasteiger partial charge in [0.05, 0.1) is 21.0 Å². The molecule has 112 valence electrons. The van der Waals surface area contributed by atoms with Crippen LogP contribution in [0.5, 0.6) is 0 Å². The third-order valence-corrected chi connectivity index (χ3v) is 3.93. The van der Waals surface area contributed by atoms with Crippen LogP contribution >= 0.6 is 22.6 Å². The minimum Gasteiger partial charge on any atom is -0.310 e. The molecule has 7 heteroatoms. The van der Waals surface area contributed by atoms with Crippen molar-refractivity contribution in [1.29, 1.82) is 0 Å². The van der Waals surface area contributed by atoms with E-state index in [2.05, 4.69) is 33.0 Å². The fourth-order valence-corrected chi connectivity index (χ4v) is 2.50. The molecular formula is C14H13F3IN3. The smallest absolute Gasteiger partial charge is 0.310 e.